The number of anilines is 1. The van der Waals surface area contributed by atoms with E-state index in [4.69, 9.17) is 4.74 Å². The molecule has 0 aliphatic heterocycles. The van der Waals surface area contributed by atoms with Crippen LogP contribution >= 0.6 is 0 Å². The molecule has 2 aromatic carbocycles. The molecule has 2 amide bonds. The van der Waals surface area contributed by atoms with Crippen LogP contribution in [0.4, 0.5) is 24.5 Å². The molecular formula is C19H18F3N3O5. The molecule has 0 bridgehead atoms. The van der Waals surface area contributed by atoms with Crippen LogP contribution in [-0.2, 0) is 15.8 Å². The van der Waals surface area contributed by atoms with E-state index in [1.54, 1.807) is 0 Å². The summed E-state index contributed by atoms with van der Waals surface area (Å²) in [6, 6.07) is 8.47. The molecule has 0 spiro atoms. The molecule has 0 radical (unpaired) electrons. The van der Waals surface area contributed by atoms with E-state index < -0.39 is 47.3 Å². The van der Waals surface area contributed by atoms with E-state index in [-0.39, 0.29) is 11.4 Å². The van der Waals surface area contributed by atoms with Crippen molar-refractivity contribution in [1.29, 1.82) is 0 Å². The zero-order chi connectivity index (χ0) is 22.5. The minimum absolute atomic E-state index is 0.0957. The number of nitrogens with one attached hydrogen (secondary N) is 1. The highest BCUT2D eigenvalue weighted by atomic mass is 19.4. The molecule has 11 heteroatoms. The molecule has 2 rings (SSSR count). The van der Waals surface area contributed by atoms with E-state index in [0.717, 1.165) is 17.0 Å². The Labute approximate surface area is 169 Å². The lowest BCUT2D eigenvalue weighted by Crippen LogP contribution is -2.37. The van der Waals surface area contributed by atoms with Crippen LogP contribution in [0.15, 0.2) is 42.5 Å². The van der Waals surface area contributed by atoms with Crippen LogP contribution in [0.5, 0.6) is 5.75 Å². The number of hydrogen-bond donors (Lipinski definition) is 1. The number of amides is 2. The van der Waals surface area contributed by atoms with Crippen molar-refractivity contribution in [2.75, 3.05) is 25.5 Å². The fraction of sp³-hybridized carbons (Fsp3) is 0.263. The average Bonchev–Trinajstić information content (AvgIpc) is 2.65. The lowest BCUT2D eigenvalue weighted by atomic mass is 10.1. The van der Waals surface area contributed by atoms with Crippen molar-refractivity contribution >= 4 is 23.2 Å². The molecule has 0 aliphatic rings. The minimum Gasteiger partial charge on any atom is -0.484 e. The van der Waals surface area contributed by atoms with Crippen molar-refractivity contribution in [1.82, 2.24) is 4.90 Å². The van der Waals surface area contributed by atoms with E-state index in [9.17, 15) is 32.9 Å². The van der Waals surface area contributed by atoms with Gasteiger partial charge in [0, 0.05) is 18.7 Å². The molecule has 0 fully saturated rings. The van der Waals surface area contributed by atoms with E-state index >= 15 is 0 Å². The Morgan fingerprint density at radius 1 is 1.20 bits per heavy atom. The number of carbonyl (C=O) groups excluding carboxylic acids is 2. The first-order valence-corrected chi connectivity index (χ1v) is 8.57. The molecule has 0 saturated carbocycles. The number of halogens is 3. The highest BCUT2D eigenvalue weighted by Gasteiger charge is 2.33. The smallest absolute Gasteiger partial charge is 0.418 e. The predicted molar refractivity (Wildman–Crippen MR) is 101 cm³/mol. The van der Waals surface area contributed by atoms with Gasteiger partial charge in [0.1, 0.15) is 5.75 Å². The molecule has 1 N–H and O–H groups in total. The summed E-state index contributed by atoms with van der Waals surface area (Å²) in [5.74, 6) is -1.19. The van der Waals surface area contributed by atoms with Crippen LogP contribution in [-0.4, -0.2) is 41.8 Å². The maximum absolute atomic E-state index is 13.0. The van der Waals surface area contributed by atoms with Gasteiger partial charge < -0.3 is 15.0 Å². The summed E-state index contributed by atoms with van der Waals surface area (Å²) in [6.07, 6.45) is -4.64. The van der Waals surface area contributed by atoms with Crippen molar-refractivity contribution in [3.8, 4) is 5.75 Å². The molecule has 0 unspecified atom stereocenters. The van der Waals surface area contributed by atoms with Crippen molar-refractivity contribution in [3.05, 3.63) is 63.7 Å². The highest BCUT2D eigenvalue weighted by molar-refractivity contribution is 5.95. The summed E-state index contributed by atoms with van der Waals surface area (Å²) < 4.78 is 44.2. The second-order valence-electron chi connectivity index (χ2n) is 6.34. The molecule has 0 aromatic heterocycles. The fourth-order valence-corrected chi connectivity index (χ4v) is 2.51. The molecule has 0 aliphatic carbocycles. The number of carbonyl (C=O) groups is 2. The van der Waals surface area contributed by atoms with Gasteiger partial charge in [-0.15, -0.1) is 0 Å². The molecule has 0 atom stereocenters. The molecule has 30 heavy (non-hydrogen) atoms. The second-order valence-corrected chi connectivity index (χ2v) is 6.34. The minimum atomic E-state index is -4.64. The first kappa shape index (κ1) is 22.7. The summed E-state index contributed by atoms with van der Waals surface area (Å²) >= 11 is 0. The van der Waals surface area contributed by atoms with Crippen LogP contribution in [0.3, 0.4) is 0 Å². The van der Waals surface area contributed by atoms with Gasteiger partial charge in [-0.2, -0.15) is 13.2 Å². The standard InChI is InChI=1S/C19H18F3N3O5/c1-12-9-13(7-8-16(12)25(28)29)30-11-18(27)24(2)10-17(26)23-15-6-4-3-5-14(15)19(20,21)22/h3-9H,10-11H2,1-2H3,(H,23,26). The van der Waals surface area contributed by atoms with Crippen LogP contribution in [0.25, 0.3) is 0 Å². The topological polar surface area (TPSA) is 102 Å². The van der Waals surface area contributed by atoms with Crippen LogP contribution in [0.1, 0.15) is 11.1 Å². The van der Waals surface area contributed by atoms with Crippen molar-refractivity contribution in [3.63, 3.8) is 0 Å². The zero-order valence-electron chi connectivity index (χ0n) is 16.0. The number of nitrogens with zero attached hydrogens (tertiary/aromatic N) is 2. The van der Waals surface area contributed by atoms with Crippen molar-refractivity contribution in [2.45, 2.75) is 13.1 Å². The number of rotatable bonds is 7. The average molecular weight is 425 g/mol. The SMILES string of the molecule is Cc1cc(OCC(=O)N(C)CC(=O)Nc2ccccc2C(F)(F)F)ccc1[N+](=O)[O-]. The second kappa shape index (κ2) is 9.25. The Morgan fingerprint density at radius 2 is 1.87 bits per heavy atom. The summed E-state index contributed by atoms with van der Waals surface area (Å²) in [7, 11) is 1.29. The summed E-state index contributed by atoms with van der Waals surface area (Å²) in [4.78, 5) is 35.4. The first-order valence-electron chi connectivity index (χ1n) is 8.57. The highest BCUT2D eigenvalue weighted by Crippen LogP contribution is 2.34. The third kappa shape index (κ3) is 5.93. The molecule has 8 nitrogen and oxygen atoms in total. The third-order valence-corrected chi connectivity index (χ3v) is 4.04. The molecule has 0 heterocycles. The maximum atomic E-state index is 13.0. The fourth-order valence-electron chi connectivity index (χ4n) is 2.51. The van der Waals surface area contributed by atoms with Gasteiger partial charge >= 0.3 is 6.18 Å². The van der Waals surface area contributed by atoms with Crippen molar-refractivity contribution < 1.29 is 32.4 Å². The lowest BCUT2D eigenvalue weighted by molar-refractivity contribution is -0.385. The number of ether oxygens (including phenoxy) is 1. The summed E-state index contributed by atoms with van der Waals surface area (Å²) in [6.45, 7) is 0.565. The van der Waals surface area contributed by atoms with Crippen molar-refractivity contribution in [2.24, 2.45) is 0 Å². The number of nitro benzene ring substituents is 1. The van der Waals surface area contributed by atoms with Crippen LogP contribution in [0.2, 0.25) is 0 Å². The van der Waals surface area contributed by atoms with Gasteiger partial charge in [-0.05, 0) is 31.2 Å². The van der Waals surface area contributed by atoms with Crippen LogP contribution in [0, 0.1) is 17.0 Å². The Bertz CT molecular complexity index is 963. The van der Waals surface area contributed by atoms with E-state index in [1.807, 2.05) is 0 Å². The molecule has 0 saturated heterocycles. The normalized spacial score (nSPS) is 11.0. The Balaban J connectivity index is 1.92. The lowest BCUT2D eigenvalue weighted by Gasteiger charge is -2.18. The summed E-state index contributed by atoms with van der Waals surface area (Å²) in [5, 5.41) is 12.9. The summed E-state index contributed by atoms with van der Waals surface area (Å²) in [5.41, 5.74) is -1.15. The predicted octanol–water partition coefficient (Wildman–Crippen LogP) is 3.40. The van der Waals surface area contributed by atoms with Gasteiger partial charge in [0.05, 0.1) is 22.7 Å². The quantitative estimate of drug-likeness (QED) is 0.541. The number of benzene rings is 2. The number of para-hydroxylation sites is 1. The number of hydrogen-bond acceptors (Lipinski definition) is 5. The molecule has 2 aromatic rings. The largest absolute Gasteiger partial charge is 0.484 e. The number of aryl methyl sites for hydroxylation is 1. The Kier molecular flexibility index (Phi) is 6.98. The Morgan fingerprint density at radius 3 is 2.47 bits per heavy atom. The van der Waals surface area contributed by atoms with Gasteiger partial charge in [0.25, 0.3) is 11.6 Å². The molecule has 160 valence electrons. The van der Waals surface area contributed by atoms with Gasteiger partial charge in [-0.1, -0.05) is 12.1 Å². The van der Waals surface area contributed by atoms with Gasteiger partial charge in [0.15, 0.2) is 6.61 Å². The first-order chi connectivity index (χ1) is 14.0. The van der Waals surface area contributed by atoms with E-state index in [0.29, 0.717) is 5.56 Å². The van der Waals surface area contributed by atoms with Crippen LogP contribution < -0.4 is 10.1 Å². The number of likely N-dealkylation sites (N-methyl/N-ethyl adjacent to an activating group) is 1. The van der Waals surface area contributed by atoms with E-state index in [2.05, 4.69) is 5.32 Å². The number of alkyl halides is 3. The van der Waals surface area contributed by atoms with Gasteiger partial charge in [-0.25, -0.2) is 0 Å². The van der Waals surface area contributed by atoms with Gasteiger partial charge in [0.2, 0.25) is 5.91 Å². The van der Waals surface area contributed by atoms with Gasteiger partial charge in [-0.3, -0.25) is 19.7 Å². The maximum Gasteiger partial charge on any atom is 0.418 e. The monoisotopic (exact) mass is 425 g/mol. The Hall–Kier alpha value is -3.63. The third-order valence-electron chi connectivity index (χ3n) is 4.04. The molecular weight excluding hydrogens is 407 g/mol. The number of nitro groups is 1. The zero-order valence-corrected chi connectivity index (χ0v) is 16.0. The van der Waals surface area contributed by atoms with E-state index in [1.165, 1.54) is 44.3 Å².